The van der Waals surface area contributed by atoms with Crippen molar-refractivity contribution in [3.05, 3.63) is 119 Å². The third kappa shape index (κ3) is 7.50. The van der Waals surface area contributed by atoms with Gasteiger partial charge in [-0.25, -0.2) is 18.6 Å². The predicted octanol–water partition coefficient (Wildman–Crippen LogP) is 5.22. The molecular weight excluding hydrogens is 566 g/mol. The molecule has 210 valence electrons. The van der Waals surface area contributed by atoms with Gasteiger partial charge in [-0.2, -0.15) is 5.10 Å². The Bertz CT molecular complexity index is 1660. The van der Waals surface area contributed by atoms with E-state index in [1.165, 1.54) is 37.6 Å². The number of hydrogen-bond acceptors (Lipinski definition) is 7. The summed E-state index contributed by atoms with van der Waals surface area (Å²) in [6.07, 6.45) is 1.37. The average Bonchev–Trinajstić information content (AvgIpc) is 2.97. The number of methoxy groups -OCH3 is 1. The van der Waals surface area contributed by atoms with E-state index in [0.717, 1.165) is 9.87 Å². The lowest BCUT2D eigenvalue weighted by molar-refractivity contribution is -0.119. The molecule has 0 spiro atoms. The summed E-state index contributed by atoms with van der Waals surface area (Å²) in [5, 5.41) is 4.21. The summed E-state index contributed by atoms with van der Waals surface area (Å²) in [6, 6.07) is 25.8. The van der Waals surface area contributed by atoms with Crippen LogP contribution in [0.25, 0.3) is 0 Å². The fourth-order valence-corrected chi connectivity index (χ4v) is 5.29. The molecule has 0 bridgehead atoms. The molecule has 11 heteroatoms. The second-order valence-electron chi connectivity index (χ2n) is 8.76. The van der Waals surface area contributed by atoms with E-state index >= 15 is 0 Å². The SMILES string of the molecule is COc1ccc(Cl)cc1N(CC(=O)N/N=C\c1ccc(OC(=O)c2ccccc2)cc1)S(=O)(=O)c1ccc(C)cc1. The summed E-state index contributed by atoms with van der Waals surface area (Å²) >= 11 is 6.16. The van der Waals surface area contributed by atoms with Crippen LogP contribution < -0.4 is 19.2 Å². The summed E-state index contributed by atoms with van der Waals surface area (Å²) in [5.74, 6) is -0.630. The molecule has 0 aromatic heterocycles. The smallest absolute Gasteiger partial charge is 0.343 e. The number of aryl methyl sites for hydroxylation is 1. The summed E-state index contributed by atoms with van der Waals surface area (Å²) in [4.78, 5) is 25.1. The minimum Gasteiger partial charge on any atom is -0.495 e. The van der Waals surface area contributed by atoms with Crippen LogP contribution in [0.4, 0.5) is 5.69 Å². The van der Waals surface area contributed by atoms with Gasteiger partial charge in [-0.05, 0) is 79.2 Å². The number of nitrogens with one attached hydrogen (secondary N) is 1. The zero-order valence-corrected chi connectivity index (χ0v) is 23.7. The van der Waals surface area contributed by atoms with Gasteiger partial charge in [-0.15, -0.1) is 0 Å². The molecule has 0 atom stereocenters. The van der Waals surface area contributed by atoms with Crippen LogP contribution in [-0.4, -0.2) is 40.2 Å². The standard InChI is InChI=1S/C30H26ClN3O6S/c1-21-8-15-26(16-9-21)41(37,38)34(27-18-24(31)12-17-28(27)39-2)20-29(35)33-32-19-22-10-13-25(14-11-22)40-30(36)23-6-4-3-5-7-23/h3-19H,20H2,1-2H3,(H,33,35)/b32-19-. The predicted molar refractivity (Wildman–Crippen MR) is 157 cm³/mol. The quantitative estimate of drug-likeness (QED) is 0.117. The Morgan fingerprint density at radius 1 is 0.951 bits per heavy atom. The van der Waals surface area contributed by atoms with Gasteiger partial charge in [0.2, 0.25) is 0 Å². The van der Waals surface area contributed by atoms with Crippen molar-refractivity contribution in [3.63, 3.8) is 0 Å². The van der Waals surface area contributed by atoms with Crippen LogP contribution in [0.2, 0.25) is 5.02 Å². The number of nitrogens with zero attached hydrogens (tertiary/aromatic N) is 2. The van der Waals surface area contributed by atoms with Gasteiger partial charge in [0, 0.05) is 5.02 Å². The molecule has 1 amide bonds. The van der Waals surface area contributed by atoms with E-state index in [4.69, 9.17) is 21.1 Å². The second kappa shape index (κ2) is 13.1. The van der Waals surface area contributed by atoms with E-state index in [0.29, 0.717) is 16.9 Å². The number of benzene rings is 4. The number of halogens is 1. The van der Waals surface area contributed by atoms with Crippen LogP contribution in [0.15, 0.2) is 107 Å². The Balaban J connectivity index is 1.48. The summed E-state index contributed by atoms with van der Waals surface area (Å²) in [5.41, 5.74) is 4.36. The van der Waals surface area contributed by atoms with Crippen molar-refractivity contribution in [3.8, 4) is 11.5 Å². The zero-order valence-electron chi connectivity index (χ0n) is 22.2. The van der Waals surface area contributed by atoms with Gasteiger partial charge in [0.15, 0.2) is 0 Å². The molecule has 4 rings (SSSR count). The van der Waals surface area contributed by atoms with Gasteiger partial charge in [0.25, 0.3) is 15.9 Å². The third-order valence-electron chi connectivity index (χ3n) is 5.81. The Morgan fingerprint density at radius 2 is 1.63 bits per heavy atom. The molecule has 0 radical (unpaired) electrons. The molecular formula is C30H26ClN3O6S. The highest BCUT2D eigenvalue weighted by Crippen LogP contribution is 2.34. The second-order valence-corrected chi connectivity index (χ2v) is 11.1. The molecule has 0 aliphatic rings. The Morgan fingerprint density at radius 3 is 2.29 bits per heavy atom. The summed E-state index contributed by atoms with van der Waals surface area (Å²) < 4.78 is 38.9. The number of hydrogen-bond donors (Lipinski definition) is 1. The number of carbonyl (C=O) groups excluding carboxylic acids is 2. The van der Waals surface area contributed by atoms with Crippen molar-refractivity contribution in [2.45, 2.75) is 11.8 Å². The highest BCUT2D eigenvalue weighted by Gasteiger charge is 2.29. The molecule has 0 aliphatic carbocycles. The molecule has 1 N–H and O–H groups in total. The lowest BCUT2D eigenvalue weighted by atomic mass is 10.2. The summed E-state index contributed by atoms with van der Waals surface area (Å²) in [6.45, 7) is 1.24. The van der Waals surface area contributed by atoms with Crippen molar-refractivity contribution < 1.29 is 27.5 Å². The van der Waals surface area contributed by atoms with Crippen molar-refractivity contribution in [1.29, 1.82) is 0 Å². The molecule has 0 saturated heterocycles. The third-order valence-corrected chi connectivity index (χ3v) is 7.82. The van der Waals surface area contributed by atoms with Crippen LogP contribution in [0.3, 0.4) is 0 Å². The van der Waals surface area contributed by atoms with Gasteiger partial charge in [-0.3, -0.25) is 9.10 Å². The number of carbonyl (C=O) groups is 2. The van der Waals surface area contributed by atoms with Gasteiger partial charge in [0.1, 0.15) is 18.0 Å². The molecule has 4 aromatic rings. The molecule has 0 fully saturated rings. The zero-order chi connectivity index (χ0) is 29.4. The minimum absolute atomic E-state index is 0.00511. The molecule has 41 heavy (non-hydrogen) atoms. The number of anilines is 1. The van der Waals surface area contributed by atoms with Crippen LogP contribution >= 0.6 is 11.6 Å². The highest BCUT2D eigenvalue weighted by molar-refractivity contribution is 7.92. The van der Waals surface area contributed by atoms with Crippen LogP contribution in [0.5, 0.6) is 11.5 Å². The maximum atomic E-state index is 13.6. The number of sulfonamides is 1. The maximum Gasteiger partial charge on any atom is 0.343 e. The van der Waals surface area contributed by atoms with Crippen LogP contribution in [0.1, 0.15) is 21.5 Å². The first kappa shape index (κ1) is 29.3. The normalized spacial score (nSPS) is 11.2. The first-order valence-electron chi connectivity index (χ1n) is 12.3. The fraction of sp³-hybridized carbons (Fsp3) is 0.100. The lowest BCUT2D eigenvalue weighted by Crippen LogP contribution is -2.39. The monoisotopic (exact) mass is 591 g/mol. The number of rotatable bonds is 10. The van der Waals surface area contributed by atoms with Gasteiger partial charge in [0.05, 0.1) is 29.5 Å². The molecule has 0 aliphatic heterocycles. The molecule has 4 aromatic carbocycles. The van der Waals surface area contributed by atoms with Crippen molar-refractivity contribution >= 4 is 45.4 Å². The van der Waals surface area contributed by atoms with Gasteiger partial charge in [-0.1, -0.05) is 47.5 Å². The minimum atomic E-state index is -4.19. The van der Waals surface area contributed by atoms with Crippen molar-refractivity contribution in [2.75, 3.05) is 18.0 Å². The highest BCUT2D eigenvalue weighted by atomic mass is 35.5. The fourth-order valence-electron chi connectivity index (χ4n) is 3.70. The van der Waals surface area contributed by atoms with Gasteiger partial charge >= 0.3 is 5.97 Å². The number of ether oxygens (including phenoxy) is 2. The Labute approximate surface area is 243 Å². The summed E-state index contributed by atoms with van der Waals surface area (Å²) in [7, 11) is -2.80. The van der Waals surface area contributed by atoms with Crippen molar-refractivity contribution in [2.24, 2.45) is 5.10 Å². The van der Waals surface area contributed by atoms with Gasteiger partial charge < -0.3 is 9.47 Å². The van der Waals surface area contributed by atoms with E-state index < -0.39 is 28.4 Å². The number of hydrazone groups is 1. The lowest BCUT2D eigenvalue weighted by Gasteiger charge is -2.25. The Kier molecular flexibility index (Phi) is 9.38. The van der Waals surface area contributed by atoms with Crippen molar-refractivity contribution in [1.82, 2.24) is 5.43 Å². The average molecular weight is 592 g/mol. The maximum absolute atomic E-state index is 13.6. The van der Waals surface area contributed by atoms with Crippen LogP contribution in [0, 0.1) is 6.92 Å². The topological polar surface area (TPSA) is 114 Å². The molecule has 0 saturated carbocycles. The molecule has 0 heterocycles. The van der Waals surface area contributed by atoms with E-state index in [1.54, 1.807) is 72.8 Å². The van der Waals surface area contributed by atoms with E-state index in [1.807, 2.05) is 6.92 Å². The first-order valence-corrected chi connectivity index (χ1v) is 14.1. The largest absolute Gasteiger partial charge is 0.495 e. The Hall–Kier alpha value is -4.67. The van der Waals surface area contributed by atoms with E-state index in [2.05, 4.69) is 10.5 Å². The number of amides is 1. The van der Waals surface area contributed by atoms with E-state index in [9.17, 15) is 18.0 Å². The first-order chi connectivity index (χ1) is 19.7. The molecule has 9 nitrogen and oxygen atoms in total. The number of esters is 1. The van der Waals surface area contributed by atoms with E-state index in [-0.39, 0.29) is 21.4 Å². The van der Waals surface area contributed by atoms with Crippen LogP contribution in [-0.2, 0) is 14.8 Å². The molecule has 0 unspecified atom stereocenters.